The molecule has 0 aliphatic carbocycles. The highest BCUT2D eigenvalue weighted by atomic mass is 32.2. The molecule has 0 amide bonds. The maximum atomic E-state index is 12.8. The number of sulfonamides is 1. The first kappa shape index (κ1) is 15.8. The van der Waals surface area contributed by atoms with E-state index in [4.69, 9.17) is 4.74 Å². The van der Waals surface area contributed by atoms with Crippen LogP contribution in [0.25, 0.3) is 0 Å². The molecule has 0 bridgehead atoms. The van der Waals surface area contributed by atoms with Crippen molar-refractivity contribution in [2.75, 3.05) is 18.5 Å². The molecule has 1 heterocycles. The normalized spacial score (nSPS) is 11.5. The summed E-state index contributed by atoms with van der Waals surface area (Å²) < 4.78 is 32.0. The molecule has 1 aromatic carbocycles. The summed E-state index contributed by atoms with van der Waals surface area (Å²) in [6.45, 7) is 5.63. The first-order valence-corrected chi connectivity index (χ1v) is 8.60. The largest absolute Gasteiger partial charge is 0.495 e. The number of ether oxygens (including phenoxy) is 1. The molecule has 0 saturated heterocycles. The van der Waals surface area contributed by atoms with Crippen molar-refractivity contribution in [1.29, 1.82) is 0 Å². The third-order valence-electron chi connectivity index (χ3n) is 3.24. The van der Waals surface area contributed by atoms with Crippen molar-refractivity contribution in [3.63, 3.8) is 0 Å². The highest BCUT2D eigenvalue weighted by molar-refractivity contribution is 7.93. The molecular formula is C14H18N2O3S2. The Morgan fingerprint density at radius 2 is 1.90 bits per heavy atom. The van der Waals surface area contributed by atoms with Crippen LogP contribution < -0.4 is 9.04 Å². The lowest BCUT2D eigenvalue weighted by atomic mass is 10.2. The Hall–Kier alpha value is -1.60. The second-order valence-corrected chi connectivity index (χ2v) is 7.88. The Balaban J connectivity index is 2.53. The van der Waals surface area contributed by atoms with Gasteiger partial charge in [-0.15, -0.1) is 11.3 Å². The highest BCUT2D eigenvalue weighted by Gasteiger charge is 2.27. The molecule has 0 fully saturated rings. The van der Waals surface area contributed by atoms with Crippen LogP contribution in [0.15, 0.2) is 23.1 Å². The van der Waals surface area contributed by atoms with Crippen molar-refractivity contribution in [3.8, 4) is 5.75 Å². The minimum absolute atomic E-state index is 0.151. The van der Waals surface area contributed by atoms with Crippen LogP contribution in [-0.4, -0.2) is 27.6 Å². The smallest absolute Gasteiger partial charge is 0.269 e. The van der Waals surface area contributed by atoms with Crippen LogP contribution in [0.3, 0.4) is 0 Å². The Labute approximate surface area is 129 Å². The lowest BCUT2D eigenvalue weighted by molar-refractivity contribution is 0.402. The number of benzene rings is 1. The van der Waals surface area contributed by atoms with Crippen molar-refractivity contribution >= 4 is 26.5 Å². The van der Waals surface area contributed by atoms with Crippen molar-refractivity contribution < 1.29 is 13.2 Å². The molecule has 5 nitrogen and oxygen atoms in total. The molecule has 2 aromatic rings. The predicted octanol–water partition coefficient (Wildman–Crippen LogP) is 2.90. The average Bonchev–Trinajstić information content (AvgIpc) is 2.77. The van der Waals surface area contributed by atoms with Crippen molar-refractivity contribution in [2.24, 2.45) is 0 Å². The van der Waals surface area contributed by atoms with E-state index < -0.39 is 10.0 Å². The van der Waals surface area contributed by atoms with E-state index in [0.29, 0.717) is 10.9 Å². The molecule has 1 aromatic heterocycles. The standard InChI is InChI=1S/C14H18N2O3S2/c1-9-6-7-12(19-5)13(8-9)21(17,18)16(4)14-15-10(2)11(3)20-14/h6-8H,1-5H3. The van der Waals surface area contributed by atoms with Crippen LogP contribution in [0.4, 0.5) is 5.13 Å². The van der Waals surface area contributed by atoms with Gasteiger partial charge in [0.05, 0.1) is 12.8 Å². The van der Waals surface area contributed by atoms with Gasteiger partial charge in [-0.05, 0) is 38.5 Å². The quantitative estimate of drug-likeness (QED) is 0.867. The fraction of sp³-hybridized carbons (Fsp3) is 0.357. The van der Waals surface area contributed by atoms with Crippen LogP contribution in [0, 0.1) is 20.8 Å². The molecule has 0 aliphatic rings. The molecule has 0 atom stereocenters. The molecule has 0 spiro atoms. The summed E-state index contributed by atoms with van der Waals surface area (Å²) in [5.41, 5.74) is 1.70. The summed E-state index contributed by atoms with van der Waals surface area (Å²) in [5.74, 6) is 0.331. The maximum absolute atomic E-state index is 12.8. The highest BCUT2D eigenvalue weighted by Crippen LogP contribution is 2.32. The number of hydrogen-bond donors (Lipinski definition) is 0. The molecule has 0 aliphatic heterocycles. The van der Waals surface area contributed by atoms with Crippen molar-refractivity contribution in [3.05, 3.63) is 34.3 Å². The third-order valence-corrected chi connectivity index (χ3v) is 6.28. The van der Waals surface area contributed by atoms with Crippen molar-refractivity contribution in [1.82, 2.24) is 4.98 Å². The lowest BCUT2D eigenvalue weighted by Gasteiger charge is -2.18. The van der Waals surface area contributed by atoms with Gasteiger partial charge < -0.3 is 4.74 Å². The minimum Gasteiger partial charge on any atom is -0.495 e. The van der Waals surface area contributed by atoms with Crippen LogP contribution in [0.1, 0.15) is 16.1 Å². The predicted molar refractivity (Wildman–Crippen MR) is 84.9 cm³/mol. The fourth-order valence-electron chi connectivity index (χ4n) is 1.83. The van der Waals surface area contributed by atoms with Gasteiger partial charge in [-0.3, -0.25) is 0 Å². The lowest BCUT2D eigenvalue weighted by Crippen LogP contribution is -2.27. The van der Waals surface area contributed by atoms with Gasteiger partial charge in [0.1, 0.15) is 10.6 Å². The Morgan fingerprint density at radius 3 is 2.43 bits per heavy atom. The fourth-order valence-corrected chi connectivity index (χ4v) is 4.29. The third kappa shape index (κ3) is 2.89. The second kappa shape index (κ2) is 5.65. The molecule has 114 valence electrons. The Morgan fingerprint density at radius 1 is 1.24 bits per heavy atom. The van der Waals surface area contributed by atoms with Gasteiger partial charge in [0, 0.05) is 11.9 Å². The first-order chi connectivity index (χ1) is 9.77. The summed E-state index contributed by atoms with van der Waals surface area (Å²) in [5, 5.41) is 0.452. The van der Waals surface area contributed by atoms with E-state index in [1.165, 1.54) is 29.8 Å². The summed E-state index contributed by atoms with van der Waals surface area (Å²) in [7, 11) is -0.736. The second-order valence-electron chi connectivity index (χ2n) is 4.76. The van der Waals surface area contributed by atoms with Crippen LogP contribution in [-0.2, 0) is 10.0 Å². The molecule has 21 heavy (non-hydrogen) atoms. The van der Waals surface area contributed by atoms with Gasteiger partial charge in [0.2, 0.25) is 0 Å². The number of anilines is 1. The van der Waals surface area contributed by atoms with E-state index in [0.717, 1.165) is 16.1 Å². The van der Waals surface area contributed by atoms with Crippen LogP contribution in [0.5, 0.6) is 5.75 Å². The van der Waals surface area contributed by atoms with Gasteiger partial charge in [0.25, 0.3) is 10.0 Å². The monoisotopic (exact) mass is 326 g/mol. The number of nitrogens with zero attached hydrogens (tertiary/aromatic N) is 2. The van der Waals surface area contributed by atoms with Gasteiger partial charge in [-0.1, -0.05) is 6.07 Å². The molecular weight excluding hydrogens is 308 g/mol. The molecule has 0 unspecified atom stereocenters. The average molecular weight is 326 g/mol. The van der Waals surface area contributed by atoms with Gasteiger partial charge in [0.15, 0.2) is 5.13 Å². The van der Waals surface area contributed by atoms with E-state index in [1.54, 1.807) is 12.1 Å². The zero-order chi connectivity index (χ0) is 15.8. The van der Waals surface area contributed by atoms with Crippen LogP contribution >= 0.6 is 11.3 Å². The van der Waals surface area contributed by atoms with Gasteiger partial charge in [-0.2, -0.15) is 0 Å². The summed E-state index contributed by atoms with van der Waals surface area (Å²) in [6.07, 6.45) is 0. The zero-order valence-electron chi connectivity index (χ0n) is 12.7. The topological polar surface area (TPSA) is 59.5 Å². The first-order valence-electron chi connectivity index (χ1n) is 6.35. The summed E-state index contributed by atoms with van der Waals surface area (Å²) >= 11 is 1.36. The summed E-state index contributed by atoms with van der Waals surface area (Å²) in [4.78, 5) is 5.46. The maximum Gasteiger partial charge on any atom is 0.269 e. The number of aromatic nitrogens is 1. The minimum atomic E-state index is -3.70. The van der Waals surface area contributed by atoms with Gasteiger partial charge in [-0.25, -0.2) is 17.7 Å². The number of methoxy groups -OCH3 is 1. The number of rotatable bonds is 4. The Kier molecular flexibility index (Phi) is 4.25. The molecule has 7 heteroatoms. The van der Waals surface area contributed by atoms with E-state index in [1.807, 2.05) is 26.8 Å². The SMILES string of the molecule is COc1ccc(C)cc1S(=O)(=O)N(C)c1nc(C)c(C)s1. The molecule has 0 radical (unpaired) electrons. The van der Waals surface area contributed by atoms with E-state index in [2.05, 4.69) is 4.98 Å². The van der Waals surface area contributed by atoms with Gasteiger partial charge >= 0.3 is 0 Å². The molecule has 0 saturated carbocycles. The summed E-state index contributed by atoms with van der Waals surface area (Å²) in [6, 6.07) is 5.09. The van der Waals surface area contributed by atoms with E-state index >= 15 is 0 Å². The van der Waals surface area contributed by atoms with Crippen LogP contribution in [0.2, 0.25) is 0 Å². The molecule has 0 N–H and O–H groups in total. The van der Waals surface area contributed by atoms with E-state index in [-0.39, 0.29) is 4.90 Å². The zero-order valence-corrected chi connectivity index (χ0v) is 14.3. The number of thiazole rings is 1. The molecule has 2 rings (SSSR count). The Bertz CT molecular complexity index is 747. The van der Waals surface area contributed by atoms with Crippen molar-refractivity contribution in [2.45, 2.75) is 25.7 Å². The number of aryl methyl sites for hydroxylation is 3. The van der Waals surface area contributed by atoms with E-state index in [9.17, 15) is 8.42 Å². The number of hydrogen-bond acceptors (Lipinski definition) is 5.